The number of aromatic carboxylic acids is 1. The molecule has 1 aliphatic rings. The number of hydrogen-bond donors (Lipinski definition) is 1. The van der Waals surface area contributed by atoms with Crippen molar-refractivity contribution in [3.8, 4) is 11.8 Å². The molecule has 0 saturated carbocycles. The maximum Gasteiger partial charge on any atom is 0.337 e. The van der Waals surface area contributed by atoms with Crippen LogP contribution in [-0.4, -0.2) is 21.3 Å². The molecule has 0 radical (unpaired) electrons. The minimum atomic E-state index is -0.974. The minimum absolute atomic E-state index is 0.0990. The van der Waals surface area contributed by atoms with Gasteiger partial charge in [-0.2, -0.15) is 0 Å². The molecule has 116 valence electrons. The maximum atomic E-state index is 10.8. The van der Waals surface area contributed by atoms with Gasteiger partial charge in [-0.1, -0.05) is 38.0 Å². The molecule has 0 aliphatic carbocycles. The Morgan fingerprint density at radius 3 is 2.78 bits per heavy atom. The number of pyridine rings is 1. The summed E-state index contributed by atoms with van der Waals surface area (Å²) in [5.41, 5.74) is 2.26. The van der Waals surface area contributed by atoms with Gasteiger partial charge < -0.3 is 5.11 Å². The third-order valence-corrected chi connectivity index (χ3v) is 5.13. The summed E-state index contributed by atoms with van der Waals surface area (Å²) in [6.07, 6.45) is 2.33. The van der Waals surface area contributed by atoms with Gasteiger partial charge in [0.2, 0.25) is 0 Å². The first-order valence-corrected chi connectivity index (χ1v) is 8.31. The molecule has 0 bridgehead atoms. The van der Waals surface area contributed by atoms with Crippen LogP contribution in [0.1, 0.15) is 41.9 Å². The fourth-order valence-corrected chi connectivity index (χ4v) is 4.28. The van der Waals surface area contributed by atoms with Crippen molar-refractivity contribution < 1.29 is 9.90 Å². The number of carboxylic acids is 1. The van der Waals surface area contributed by atoms with Crippen LogP contribution in [0, 0.1) is 11.8 Å². The summed E-state index contributed by atoms with van der Waals surface area (Å²) >= 11 is 1.79. The molecular weight excluding hydrogens is 306 g/mol. The predicted molar refractivity (Wildman–Crippen MR) is 91.8 cm³/mol. The zero-order valence-electron chi connectivity index (χ0n) is 13.0. The number of aromatic nitrogens is 1. The molecule has 3 nitrogen and oxygen atoms in total. The second-order valence-corrected chi connectivity index (χ2v) is 7.44. The first kappa shape index (κ1) is 15.6. The van der Waals surface area contributed by atoms with Crippen LogP contribution in [0.4, 0.5) is 0 Å². The fourth-order valence-electron chi connectivity index (χ4n) is 2.73. The molecule has 4 heteroatoms. The van der Waals surface area contributed by atoms with Gasteiger partial charge in [0.05, 0.1) is 10.8 Å². The highest BCUT2D eigenvalue weighted by molar-refractivity contribution is 8.00. The number of carboxylic acid groups (broad SMARTS) is 1. The van der Waals surface area contributed by atoms with E-state index in [0.717, 1.165) is 6.42 Å². The lowest BCUT2D eigenvalue weighted by Crippen LogP contribution is -2.27. The molecule has 0 amide bonds. The van der Waals surface area contributed by atoms with Crippen molar-refractivity contribution in [2.75, 3.05) is 0 Å². The Morgan fingerprint density at radius 1 is 1.30 bits per heavy atom. The summed E-state index contributed by atoms with van der Waals surface area (Å²) in [6, 6.07) is 11.7. The number of fused-ring (bicyclic) bond motifs is 1. The van der Waals surface area contributed by atoms with Crippen molar-refractivity contribution >= 4 is 17.7 Å². The normalized spacial score (nSPS) is 18.4. The Morgan fingerprint density at radius 2 is 2.09 bits per heavy atom. The molecule has 23 heavy (non-hydrogen) atoms. The first-order chi connectivity index (χ1) is 11.0. The molecule has 2 aromatic rings. The molecule has 1 aliphatic heterocycles. The summed E-state index contributed by atoms with van der Waals surface area (Å²) in [4.78, 5) is 16.2. The van der Waals surface area contributed by atoms with Crippen molar-refractivity contribution in [1.29, 1.82) is 0 Å². The van der Waals surface area contributed by atoms with Crippen LogP contribution in [0.25, 0.3) is 0 Å². The van der Waals surface area contributed by atoms with Crippen LogP contribution in [0.3, 0.4) is 0 Å². The highest BCUT2D eigenvalue weighted by atomic mass is 32.2. The Bertz CT molecular complexity index is 800. The van der Waals surface area contributed by atoms with Gasteiger partial charge in [-0.15, -0.1) is 11.8 Å². The van der Waals surface area contributed by atoms with Gasteiger partial charge >= 0.3 is 5.97 Å². The minimum Gasteiger partial charge on any atom is -0.478 e. The SMILES string of the molecule is CC1(C)CC(C#Cc2ccc(C(=O)O)cn2)Sc2ccccc21. The lowest BCUT2D eigenvalue weighted by Gasteiger charge is -2.35. The number of benzene rings is 1. The molecular formula is C19H17NO2S. The lowest BCUT2D eigenvalue weighted by molar-refractivity contribution is 0.0696. The number of rotatable bonds is 1. The van der Waals surface area contributed by atoms with Crippen molar-refractivity contribution in [2.45, 2.75) is 35.8 Å². The van der Waals surface area contributed by atoms with Gasteiger partial charge in [0.15, 0.2) is 0 Å². The van der Waals surface area contributed by atoms with Gasteiger partial charge in [-0.25, -0.2) is 9.78 Å². The molecule has 1 N–H and O–H groups in total. The maximum absolute atomic E-state index is 10.8. The molecule has 1 unspecified atom stereocenters. The van der Waals surface area contributed by atoms with Crippen molar-refractivity contribution in [3.63, 3.8) is 0 Å². The van der Waals surface area contributed by atoms with E-state index >= 15 is 0 Å². The topological polar surface area (TPSA) is 50.2 Å². The molecule has 1 atom stereocenters. The lowest BCUT2D eigenvalue weighted by atomic mass is 9.80. The zero-order chi connectivity index (χ0) is 16.4. The zero-order valence-corrected chi connectivity index (χ0v) is 13.9. The van der Waals surface area contributed by atoms with Crippen LogP contribution >= 0.6 is 11.8 Å². The fraction of sp³-hybridized carbons (Fsp3) is 0.263. The molecule has 1 aromatic carbocycles. The number of carbonyl (C=O) groups is 1. The van der Waals surface area contributed by atoms with E-state index in [1.54, 1.807) is 17.8 Å². The smallest absolute Gasteiger partial charge is 0.337 e. The summed E-state index contributed by atoms with van der Waals surface area (Å²) in [5, 5.41) is 9.09. The predicted octanol–water partition coefficient (Wildman–Crippen LogP) is 3.97. The number of thioether (sulfide) groups is 1. The average Bonchev–Trinajstić information content (AvgIpc) is 2.53. The largest absolute Gasteiger partial charge is 0.478 e. The van der Waals surface area contributed by atoms with E-state index in [2.05, 4.69) is 54.9 Å². The number of hydrogen-bond acceptors (Lipinski definition) is 3. The van der Waals surface area contributed by atoms with E-state index in [-0.39, 0.29) is 16.2 Å². The Balaban J connectivity index is 1.81. The van der Waals surface area contributed by atoms with Gasteiger partial charge in [-0.3, -0.25) is 0 Å². The molecule has 0 saturated heterocycles. The van der Waals surface area contributed by atoms with Gasteiger partial charge in [0.1, 0.15) is 5.69 Å². The highest BCUT2D eigenvalue weighted by Gasteiger charge is 2.32. The van der Waals surface area contributed by atoms with Crippen molar-refractivity contribution in [3.05, 3.63) is 59.4 Å². The molecule has 2 heterocycles. The Hall–Kier alpha value is -2.25. The molecule has 3 rings (SSSR count). The molecule has 0 spiro atoms. The second kappa shape index (κ2) is 6.10. The van der Waals surface area contributed by atoms with Gasteiger partial charge in [-0.05, 0) is 41.5 Å². The van der Waals surface area contributed by atoms with E-state index in [1.807, 2.05) is 0 Å². The van der Waals surface area contributed by atoms with E-state index in [0.29, 0.717) is 5.69 Å². The summed E-state index contributed by atoms with van der Waals surface area (Å²) in [7, 11) is 0. The quantitative estimate of drug-likeness (QED) is 0.807. The Labute approximate surface area is 140 Å². The second-order valence-electron chi connectivity index (χ2n) is 6.20. The van der Waals surface area contributed by atoms with Crippen molar-refractivity contribution in [2.24, 2.45) is 0 Å². The molecule has 1 aromatic heterocycles. The third-order valence-electron chi connectivity index (χ3n) is 3.95. The first-order valence-electron chi connectivity index (χ1n) is 7.43. The van der Waals surface area contributed by atoms with Crippen LogP contribution in [0.15, 0.2) is 47.5 Å². The highest BCUT2D eigenvalue weighted by Crippen LogP contribution is 2.44. The summed E-state index contributed by atoms with van der Waals surface area (Å²) in [5.74, 6) is 5.39. The number of nitrogens with zero attached hydrogens (tertiary/aromatic N) is 1. The van der Waals surface area contributed by atoms with Gasteiger partial charge in [0, 0.05) is 11.1 Å². The van der Waals surface area contributed by atoms with E-state index in [9.17, 15) is 4.79 Å². The van der Waals surface area contributed by atoms with E-state index in [4.69, 9.17) is 5.11 Å². The summed E-state index contributed by atoms with van der Waals surface area (Å²) < 4.78 is 0. The van der Waals surface area contributed by atoms with Crippen LogP contribution in [0.5, 0.6) is 0 Å². The monoisotopic (exact) mass is 323 g/mol. The van der Waals surface area contributed by atoms with E-state index in [1.165, 1.54) is 22.7 Å². The third kappa shape index (κ3) is 3.40. The summed E-state index contributed by atoms with van der Waals surface area (Å²) in [6.45, 7) is 4.50. The average molecular weight is 323 g/mol. The standard InChI is InChI=1S/C19H17NO2S/c1-19(2)11-15(23-17-6-4-3-5-16(17)19)10-9-14-8-7-13(12-20-14)18(21)22/h3-8,12,15H,11H2,1-2H3,(H,21,22). The van der Waals surface area contributed by atoms with Crippen LogP contribution in [0.2, 0.25) is 0 Å². The van der Waals surface area contributed by atoms with Crippen LogP contribution in [-0.2, 0) is 5.41 Å². The van der Waals surface area contributed by atoms with Crippen molar-refractivity contribution in [1.82, 2.24) is 4.98 Å². The van der Waals surface area contributed by atoms with Gasteiger partial charge in [0.25, 0.3) is 0 Å². The van der Waals surface area contributed by atoms with E-state index < -0.39 is 5.97 Å². The Kier molecular flexibility index (Phi) is 4.14. The van der Waals surface area contributed by atoms with Crippen LogP contribution < -0.4 is 0 Å². The molecule has 0 fully saturated rings.